The van der Waals surface area contributed by atoms with Crippen LogP contribution in [0.1, 0.15) is 34.3 Å². The summed E-state index contributed by atoms with van der Waals surface area (Å²) >= 11 is 0. The Kier molecular flexibility index (Phi) is 8.24. The predicted molar refractivity (Wildman–Crippen MR) is 171 cm³/mol. The summed E-state index contributed by atoms with van der Waals surface area (Å²) in [5.41, 5.74) is 3.66. The van der Waals surface area contributed by atoms with E-state index in [4.69, 9.17) is 18.9 Å². The molecule has 2 fully saturated rings. The van der Waals surface area contributed by atoms with Crippen LogP contribution in [0.4, 0.5) is 0 Å². The highest BCUT2D eigenvalue weighted by molar-refractivity contribution is 5.90. The first-order valence-corrected chi connectivity index (χ1v) is 15.2. The highest BCUT2D eigenvalue weighted by Crippen LogP contribution is 2.36. The molecule has 8 nitrogen and oxygen atoms in total. The number of para-hydroxylation sites is 4. The van der Waals surface area contributed by atoms with Gasteiger partial charge in [-0.2, -0.15) is 0 Å². The standard InChI is InChI=1S/C38H32N2O6/c41-37-35(45-27-14-3-1-4-15-27)33(39-37)29-18-7-9-20-31(29)43-23-25-12-11-13-26(22-25)24-44-32-21-10-8-19-30(32)34-36(38(42)40-34)46-28-16-5-2-6-17-28/h1-22,33-36H,23-24H2,(H,39,41)(H,40,42)/t33-,34+,35+,36-. The van der Waals surface area contributed by atoms with Gasteiger partial charge in [0, 0.05) is 11.1 Å². The summed E-state index contributed by atoms with van der Waals surface area (Å²) in [7, 11) is 0. The van der Waals surface area contributed by atoms with Crippen LogP contribution in [0, 0.1) is 0 Å². The van der Waals surface area contributed by atoms with Crippen molar-refractivity contribution in [1.82, 2.24) is 10.6 Å². The molecule has 0 aromatic heterocycles. The van der Waals surface area contributed by atoms with Gasteiger partial charge >= 0.3 is 0 Å². The molecule has 2 N–H and O–H groups in total. The van der Waals surface area contributed by atoms with E-state index in [1.165, 1.54) is 0 Å². The number of ether oxygens (including phenoxy) is 4. The molecule has 8 heteroatoms. The second-order valence-corrected chi connectivity index (χ2v) is 11.1. The topological polar surface area (TPSA) is 95.1 Å². The summed E-state index contributed by atoms with van der Waals surface area (Å²) in [6.45, 7) is 0.665. The zero-order valence-electron chi connectivity index (χ0n) is 24.9. The fourth-order valence-corrected chi connectivity index (χ4v) is 5.62. The maximum atomic E-state index is 12.4. The lowest BCUT2D eigenvalue weighted by Crippen LogP contribution is -2.58. The Bertz CT molecular complexity index is 1700. The molecule has 5 aromatic carbocycles. The van der Waals surface area contributed by atoms with Gasteiger partial charge in [0.2, 0.25) is 12.2 Å². The van der Waals surface area contributed by atoms with Gasteiger partial charge in [-0.15, -0.1) is 0 Å². The quantitative estimate of drug-likeness (QED) is 0.166. The third-order valence-corrected chi connectivity index (χ3v) is 8.02. The molecule has 2 amide bonds. The summed E-state index contributed by atoms with van der Waals surface area (Å²) in [6, 6.07) is 41.4. The second kappa shape index (κ2) is 13.1. The Balaban J connectivity index is 0.993. The molecule has 46 heavy (non-hydrogen) atoms. The first-order valence-electron chi connectivity index (χ1n) is 15.2. The lowest BCUT2D eigenvalue weighted by atomic mass is 9.93. The van der Waals surface area contributed by atoms with Crippen molar-refractivity contribution in [2.45, 2.75) is 37.5 Å². The molecule has 7 rings (SSSR count). The van der Waals surface area contributed by atoms with Gasteiger partial charge in [-0.3, -0.25) is 9.59 Å². The molecule has 0 spiro atoms. The molecule has 0 unspecified atom stereocenters. The van der Waals surface area contributed by atoms with Crippen LogP contribution in [0.5, 0.6) is 23.0 Å². The van der Waals surface area contributed by atoms with Crippen LogP contribution in [-0.2, 0) is 22.8 Å². The van der Waals surface area contributed by atoms with Gasteiger partial charge in [-0.1, -0.05) is 91.0 Å². The molecule has 0 saturated carbocycles. The van der Waals surface area contributed by atoms with E-state index in [-0.39, 0.29) is 23.9 Å². The van der Waals surface area contributed by atoms with Gasteiger partial charge in [0.25, 0.3) is 11.8 Å². The molecular weight excluding hydrogens is 580 g/mol. The third-order valence-electron chi connectivity index (χ3n) is 8.02. The Morgan fingerprint density at radius 2 is 0.891 bits per heavy atom. The number of hydrogen-bond acceptors (Lipinski definition) is 6. The predicted octanol–water partition coefficient (Wildman–Crippen LogP) is 6.08. The number of carbonyl (C=O) groups is 2. The van der Waals surface area contributed by atoms with Crippen LogP contribution < -0.4 is 29.6 Å². The molecule has 2 aliphatic heterocycles. The number of rotatable bonds is 12. The molecule has 2 heterocycles. The van der Waals surface area contributed by atoms with E-state index >= 15 is 0 Å². The molecule has 230 valence electrons. The van der Waals surface area contributed by atoms with E-state index in [0.29, 0.717) is 36.2 Å². The minimum Gasteiger partial charge on any atom is -0.489 e. The van der Waals surface area contributed by atoms with Crippen LogP contribution in [0.2, 0.25) is 0 Å². The van der Waals surface area contributed by atoms with E-state index in [9.17, 15) is 9.59 Å². The van der Waals surface area contributed by atoms with Crippen molar-refractivity contribution in [1.29, 1.82) is 0 Å². The molecule has 2 saturated heterocycles. The average Bonchev–Trinajstić information content (AvgIpc) is 3.10. The zero-order chi connectivity index (χ0) is 31.3. The van der Waals surface area contributed by atoms with Gasteiger partial charge in [-0.25, -0.2) is 0 Å². The highest BCUT2D eigenvalue weighted by atomic mass is 16.5. The number of hydrogen-bond donors (Lipinski definition) is 2. The fourth-order valence-electron chi connectivity index (χ4n) is 5.62. The summed E-state index contributed by atoms with van der Waals surface area (Å²) in [5, 5.41) is 5.91. The van der Waals surface area contributed by atoms with Crippen molar-refractivity contribution in [3.63, 3.8) is 0 Å². The van der Waals surface area contributed by atoms with Gasteiger partial charge in [0.15, 0.2) is 0 Å². The lowest BCUT2D eigenvalue weighted by molar-refractivity contribution is -0.141. The molecular formula is C38H32N2O6. The average molecular weight is 613 g/mol. The van der Waals surface area contributed by atoms with Crippen LogP contribution >= 0.6 is 0 Å². The fraction of sp³-hybridized carbons (Fsp3) is 0.158. The number of benzene rings is 5. The SMILES string of the molecule is O=C1N[C@H](c2ccccc2OCc2cccc(COc3ccccc3[C@@H]3NC(=O)[C@@H]3Oc3ccccc3)c2)[C@@H]1Oc1ccccc1. The monoisotopic (exact) mass is 612 g/mol. The third kappa shape index (κ3) is 6.23. The van der Waals surface area contributed by atoms with Gasteiger partial charge in [0.1, 0.15) is 48.3 Å². The minimum atomic E-state index is -0.635. The Labute approximate surface area is 266 Å². The van der Waals surface area contributed by atoms with Crippen molar-refractivity contribution in [2.75, 3.05) is 0 Å². The largest absolute Gasteiger partial charge is 0.489 e. The number of β-lactam (4-membered cyclic amide) rings is 2. The van der Waals surface area contributed by atoms with Crippen LogP contribution in [0.15, 0.2) is 133 Å². The molecule has 5 aromatic rings. The number of amides is 2. The molecule has 2 aliphatic rings. The first kappa shape index (κ1) is 29.0. The Morgan fingerprint density at radius 1 is 0.478 bits per heavy atom. The van der Waals surface area contributed by atoms with Crippen LogP contribution in [-0.4, -0.2) is 24.0 Å². The van der Waals surface area contributed by atoms with E-state index in [1.54, 1.807) is 0 Å². The van der Waals surface area contributed by atoms with E-state index in [2.05, 4.69) is 10.6 Å². The molecule has 0 aliphatic carbocycles. The number of carbonyl (C=O) groups excluding carboxylic acids is 2. The van der Waals surface area contributed by atoms with Crippen molar-refractivity contribution >= 4 is 11.8 Å². The molecule has 4 atom stereocenters. The van der Waals surface area contributed by atoms with Crippen molar-refractivity contribution in [2.24, 2.45) is 0 Å². The summed E-state index contributed by atoms with van der Waals surface area (Å²) in [4.78, 5) is 24.8. The Hall–Kier alpha value is -5.76. The zero-order valence-corrected chi connectivity index (χ0v) is 24.9. The number of nitrogens with one attached hydrogen (secondary N) is 2. The maximum Gasteiger partial charge on any atom is 0.264 e. The smallest absolute Gasteiger partial charge is 0.264 e. The Morgan fingerprint density at radius 3 is 1.33 bits per heavy atom. The van der Waals surface area contributed by atoms with E-state index in [1.807, 2.05) is 133 Å². The van der Waals surface area contributed by atoms with Crippen LogP contribution in [0.3, 0.4) is 0 Å². The summed E-state index contributed by atoms with van der Waals surface area (Å²) in [6.07, 6.45) is -1.27. The van der Waals surface area contributed by atoms with Gasteiger partial charge in [0.05, 0.1) is 0 Å². The molecule has 0 radical (unpaired) electrons. The summed E-state index contributed by atoms with van der Waals surface area (Å²) in [5.74, 6) is 2.34. The normalized spacial score (nSPS) is 19.9. The first-order chi connectivity index (χ1) is 22.6. The summed E-state index contributed by atoms with van der Waals surface area (Å²) < 4.78 is 24.5. The molecule has 0 bridgehead atoms. The van der Waals surface area contributed by atoms with Gasteiger partial charge < -0.3 is 29.6 Å². The lowest BCUT2D eigenvalue weighted by Gasteiger charge is -2.37. The second-order valence-electron chi connectivity index (χ2n) is 11.1. The van der Waals surface area contributed by atoms with E-state index < -0.39 is 12.2 Å². The van der Waals surface area contributed by atoms with Gasteiger partial charge in [-0.05, 0) is 53.6 Å². The van der Waals surface area contributed by atoms with E-state index in [0.717, 1.165) is 22.3 Å². The van der Waals surface area contributed by atoms with Crippen molar-refractivity contribution in [3.05, 3.63) is 156 Å². The van der Waals surface area contributed by atoms with Crippen molar-refractivity contribution in [3.8, 4) is 23.0 Å². The van der Waals surface area contributed by atoms with Crippen LogP contribution in [0.25, 0.3) is 0 Å². The highest BCUT2D eigenvalue weighted by Gasteiger charge is 2.44. The van der Waals surface area contributed by atoms with Crippen molar-refractivity contribution < 1.29 is 28.5 Å². The minimum absolute atomic E-state index is 0.156. The maximum absolute atomic E-state index is 12.4.